The second-order valence-corrected chi connectivity index (χ2v) is 5.87. The number of carbonyl (C=O) groups is 1. The van der Waals surface area contributed by atoms with Crippen LogP contribution < -0.4 is 4.74 Å². The molecule has 2 heterocycles. The van der Waals surface area contributed by atoms with Gasteiger partial charge in [-0.05, 0) is 45.6 Å². The van der Waals surface area contributed by atoms with E-state index in [0.717, 1.165) is 43.6 Å². The van der Waals surface area contributed by atoms with Gasteiger partial charge >= 0.3 is 6.01 Å². The Balaban J connectivity index is 1.63. The smallest absolute Gasteiger partial charge is 0.317 e. The minimum atomic E-state index is 0.0210. The van der Waals surface area contributed by atoms with E-state index in [9.17, 15) is 4.79 Å². The van der Waals surface area contributed by atoms with E-state index in [1.807, 2.05) is 24.8 Å². The first-order valence-corrected chi connectivity index (χ1v) is 7.39. The molecule has 1 aliphatic heterocycles. The molecule has 1 atom stereocenters. The molecule has 0 spiro atoms. The lowest BCUT2D eigenvalue weighted by molar-refractivity contribution is -0.135. The molecule has 1 saturated heterocycles. The lowest BCUT2D eigenvalue weighted by atomic mass is 10.1. The number of hydrogen-bond acceptors (Lipinski definition) is 4. The molecule has 2 aliphatic rings. The third-order valence-corrected chi connectivity index (χ3v) is 3.85. The molecular formula is C15H21N3O2. The molecule has 0 aromatic carbocycles. The maximum absolute atomic E-state index is 12.1. The lowest BCUT2D eigenvalue weighted by Gasteiger charge is -2.32. The highest BCUT2D eigenvalue weighted by Crippen LogP contribution is 2.32. The fourth-order valence-electron chi connectivity index (χ4n) is 2.72. The van der Waals surface area contributed by atoms with Gasteiger partial charge in [0.05, 0.1) is 6.54 Å². The number of carbonyl (C=O) groups excluding carboxylic acids is 1. The summed E-state index contributed by atoms with van der Waals surface area (Å²) in [5.41, 5.74) is 1.82. The van der Waals surface area contributed by atoms with Gasteiger partial charge in [0.25, 0.3) is 0 Å². The van der Waals surface area contributed by atoms with Gasteiger partial charge in [-0.2, -0.15) is 0 Å². The largest absolute Gasteiger partial charge is 0.458 e. The van der Waals surface area contributed by atoms with E-state index in [0.29, 0.717) is 18.5 Å². The van der Waals surface area contributed by atoms with Gasteiger partial charge in [0.2, 0.25) is 5.91 Å². The van der Waals surface area contributed by atoms with Crippen LogP contribution in [-0.2, 0) is 4.79 Å². The number of aromatic nitrogens is 2. The third-order valence-electron chi connectivity index (χ3n) is 3.85. The van der Waals surface area contributed by atoms with E-state index in [1.165, 1.54) is 0 Å². The molecule has 1 aliphatic carbocycles. The minimum absolute atomic E-state index is 0.0210. The van der Waals surface area contributed by atoms with Gasteiger partial charge in [-0.3, -0.25) is 4.79 Å². The van der Waals surface area contributed by atoms with Crippen molar-refractivity contribution >= 4 is 5.91 Å². The highest BCUT2D eigenvalue weighted by Gasteiger charge is 2.35. The van der Waals surface area contributed by atoms with E-state index >= 15 is 0 Å². The first kappa shape index (κ1) is 13.3. The number of amides is 1. The average Bonchev–Trinajstić information content (AvgIpc) is 3.21. The Bertz CT molecular complexity index is 494. The Morgan fingerprint density at radius 3 is 2.60 bits per heavy atom. The van der Waals surface area contributed by atoms with E-state index in [1.54, 1.807) is 0 Å². The molecule has 1 aromatic rings. The van der Waals surface area contributed by atoms with Crippen molar-refractivity contribution in [3.8, 4) is 6.01 Å². The topological polar surface area (TPSA) is 55.3 Å². The molecule has 3 rings (SSSR count). The Labute approximate surface area is 119 Å². The van der Waals surface area contributed by atoms with E-state index in [-0.39, 0.29) is 12.0 Å². The number of rotatable bonds is 3. The third kappa shape index (κ3) is 3.08. The number of piperidine rings is 1. The average molecular weight is 275 g/mol. The summed E-state index contributed by atoms with van der Waals surface area (Å²) in [5.74, 6) is 0.589. The van der Waals surface area contributed by atoms with Gasteiger partial charge in [0.1, 0.15) is 6.10 Å². The molecule has 5 nitrogen and oxygen atoms in total. The predicted molar refractivity (Wildman–Crippen MR) is 74.5 cm³/mol. The summed E-state index contributed by atoms with van der Waals surface area (Å²) in [6.07, 6.45) is 4.09. The monoisotopic (exact) mass is 275 g/mol. The molecule has 1 saturated carbocycles. The zero-order valence-corrected chi connectivity index (χ0v) is 12.1. The van der Waals surface area contributed by atoms with Crippen molar-refractivity contribution < 1.29 is 9.53 Å². The summed E-state index contributed by atoms with van der Waals surface area (Å²) >= 11 is 0. The lowest BCUT2D eigenvalue weighted by Crippen LogP contribution is -2.45. The summed E-state index contributed by atoms with van der Waals surface area (Å²) in [5, 5.41) is 0. The van der Waals surface area contributed by atoms with Crippen molar-refractivity contribution in [3.05, 3.63) is 17.5 Å². The normalized spacial score (nSPS) is 22.7. The van der Waals surface area contributed by atoms with Gasteiger partial charge in [-0.15, -0.1) is 0 Å². The number of aryl methyl sites for hydroxylation is 2. The quantitative estimate of drug-likeness (QED) is 0.845. The SMILES string of the molecule is Cc1cc(C)nc(O[C@@H]2CCCN(C(=O)C3CC3)C2)n1. The molecule has 1 amide bonds. The van der Waals surface area contributed by atoms with Crippen molar-refractivity contribution in [2.24, 2.45) is 5.92 Å². The number of hydrogen-bond donors (Lipinski definition) is 0. The van der Waals surface area contributed by atoms with Crippen molar-refractivity contribution in [1.29, 1.82) is 0 Å². The summed E-state index contributed by atoms with van der Waals surface area (Å²) < 4.78 is 5.88. The van der Waals surface area contributed by atoms with Crippen molar-refractivity contribution in [1.82, 2.24) is 14.9 Å². The highest BCUT2D eigenvalue weighted by atomic mass is 16.5. The second kappa shape index (κ2) is 5.38. The van der Waals surface area contributed by atoms with Crippen LogP contribution in [0.3, 0.4) is 0 Å². The standard InChI is InChI=1S/C15H21N3O2/c1-10-8-11(2)17-15(16-10)20-13-4-3-7-18(9-13)14(19)12-5-6-12/h8,12-13H,3-7,9H2,1-2H3/t13-/m1/s1. The molecule has 0 radical (unpaired) electrons. The molecular weight excluding hydrogens is 254 g/mol. The fourth-order valence-corrected chi connectivity index (χ4v) is 2.72. The maximum Gasteiger partial charge on any atom is 0.317 e. The summed E-state index contributed by atoms with van der Waals surface area (Å²) in [4.78, 5) is 22.7. The number of likely N-dealkylation sites (tertiary alicyclic amines) is 1. The van der Waals surface area contributed by atoms with Gasteiger partial charge in [-0.25, -0.2) is 9.97 Å². The van der Waals surface area contributed by atoms with Crippen LogP contribution in [0.1, 0.15) is 37.1 Å². The first-order chi connectivity index (χ1) is 9.61. The molecule has 0 N–H and O–H groups in total. The number of ether oxygens (including phenoxy) is 1. The number of nitrogens with zero attached hydrogens (tertiary/aromatic N) is 3. The molecule has 20 heavy (non-hydrogen) atoms. The zero-order valence-electron chi connectivity index (χ0n) is 12.1. The van der Waals surface area contributed by atoms with E-state index < -0.39 is 0 Å². The zero-order chi connectivity index (χ0) is 14.1. The first-order valence-electron chi connectivity index (χ1n) is 7.39. The minimum Gasteiger partial charge on any atom is -0.458 e. The van der Waals surface area contributed by atoms with Crippen LogP contribution in [-0.4, -0.2) is 40.0 Å². The van der Waals surface area contributed by atoms with Crippen LogP contribution in [0.25, 0.3) is 0 Å². The Morgan fingerprint density at radius 2 is 1.95 bits per heavy atom. The summed E-state index contributed by atoms with van der Waals surface area (Å²) in [7, 11) is 0. The summed E-state index contributed by atoms with van der Waals surface area (Å²) in [6, 6.07) is 2.37. The molecule has 0 unspecified atom stereocenters. The molecule has 5 heteroatoms. The van der Waals surface area contributed by atoms with Gasteiger partial charge in [0.15, 0.2) is 0 Å². The van der Waals surface area contributed by atoms with Gasteiger partial charge < -0.3 is 9.64 Å². The van der Waals surface area contributed by atoms with Crippen LogP contribution in [0.4, 0.5) is 0 Å². The highest BCUT2D eigenvalue weighted by molar-refractivity contribution is 5.81. The molecule has 1 aromatic heterocycles. The van der Waals surface area contributed by atoms with Crippen molar-refractivity contribution in [2.75, 3.05) is 13.1 Å². The molecule has 108 valence electrons. The van der Waals surface area contributed by atoms with E-state index in [4.69, 9.17) is 4.74 Å². The van der Waals surface area contributed by atoms with Crippen LogP contribution in [0.2, 0.25) is 0 Å². The van der Waals surface area contributed by atoms with Crippen molar-refractivity contribution in [3.63, 3.8) is 0 Å². The Morgan fingerprint density at radius 1 is 1.25 bits per heavy atom. The molecule has 2 fully saturated rings. The summed E-state index contributed by atoms with van der Waals surface area (Å²) in [6.45, 7) is 5.41. The van der Waals surface area contributed by atoms with Crippen LogP contribution in [0.15, 0.2) is 6.07 Å². The maximum atomic E-state index is 12.1. The van der Waals surface area contributed by atoms with Crippen LogP contribution in [0.5, 0.6) is 6.01 Å². The Hall–Kier alpha value is -1.65. The second-order valence-electron chi connectivity index (χ2n) is 5.87. The fraction of sp³-hybridized carbons (Fsp3) is 0.667. The van der Waals surface area contributed by atoms with Gasteiger partial charge in [0, 0.05) is 23.9 Å². The van der Waals surface area contributed by atoms with Crippen LogP contribution >= 0.6 is 0 Å². The predicted octanol–water partition coefficient (Wildman–Crippen LogP) is 1.87. The van der Waals surface area contributed by atoms with E-state index in [2.05, 4.69) is 9.97 Å². The molecule has 0 bridgehead atoms. The van der Waals surface area contributed by atoms with Crippen molar-refractivity contribution in [2.45, 2.75) is 45.6 Å². The van der Waals surface area contributed by atoms with Crippen LogP contribution in [0, 0.1) is 19.8 Å². The van der Waals surface area contributed by atoms with Gasteiger partial charge in [-0.1, -0.05) is 0 Å². The Kier molecular flexibility index (Phi) is 3.59.